The van der Waals surface area contributed by atoms with Gasteiger partial charge in [-0.15, -0.1) is 0 Å². The van der Waals surface area contributed by atoms with Crippen molar-refractivity contribution >= 4 is 17.9 Å². The Kier molecular flexibility index (Phi) is 8.91. The average Bonchev–Trinajstić information content (AvgIpc) is 3.41. The van der Waals surface area contributed by atoms with Crippen LogP contribution in [0.15, 0.2) is 108 Å². The number of rotatable bonds is 9. The standard InChI is InChI=1S/C37H35N5O3/c1-26-33(40-27(2)45-26)17-18-35(43)42(24-29-13-15-31(16-14-29)36-38-20-8-21-39-36)34(23-28-9-4-3-5-10-28)37(44)41-22-19-30-11-6-7-12-32(30)25-41/h3-18,20-21,34H,19,22-25H2,1-2H3. The molecule has 0 N–H and O–H groups in total. The zero-order chi connectivity index (χ0) is 31.2. The number of nitrogens with zero attached hydrogens (tertiary/aromatic N) is 5. The highest BCUT2D eigenvalue weighted by Crippen LogP contribution is 2.24. The highest BCUT2D eigenvalue weighted by molar-refractivity contribution is 5.95. The van der Waals surface area contributed by atoms with Crippen LogP contribution in [0.2, 0.25) is 0 Å². The highest BCUT2D eigenvalue weighted by Gasteiger charge is 2.34. The number of carbonyl (C=O) groups is 2. The van der Waals surface area contributed by atoms with Crippen molar-refractivity contribution < 1.29 is 14.0 Å². The van der Waals surface area contributed by atoms with Crippen molar-refractivity contribution in [2.45, 2.75) is 45.8 Å². The van der Waals surface area contributed by atoms with Crippen molar-refractivity contribution in [3.63, 3.8) is 0 Å². The van der Waals surface area contributed by atoms with Gasteiger partial charge in [-0.3, -0.25) is 9.59 Å². The van der Waals surface area contributed by atoms with Crippen LogP contribution in [0.25, 0.3) is 17.5 Å². The zero-order valence-corrected chi connectivity index (χ0v) is 25.5. The van der Waals surface area contributed by atoms with Gasteiger partial charge in [-0.1, -0.05) is 78.9 Å². The van der Waals surface area contributed by atoms with Crippen LogP contribution < -0.4 is 0 Å². The minimum Gasteiger partial charge on any atom is -0.446 e. The molecule has 0 bridgehead atoms. The zero-order valence-electron chi connectivity index (χ0n) is 25.5. The first kappa shape index (κ1) is 29.7. The number of aryl methyl sites for hydroxylation is 2. The molecule has 45 heavy (non-hydrogen) atoms. The second-order valence-corrected chi connectivity index (χ2v) is 11.2. The maximum Gasteiger partial charge on any atom is 0.247 e. The fraction of sp³-hybridized carbons (Fsp3) is 0.216. The quantitative estimate of drug-likeness (QED) is 0.194. The molecule has 226 valence electrons. The number of amides is 2. The first-order valence-electron chi connectivity index (χ1n) is 15.1. The van der Waals surface area contributed by atoms with Gasteiger partial charge in [0.2, 0.25) is 11.8 Å². The minimum atomic E-state index is -0.730. The number of fused-ring (bicyclic) bond motifs is 1. The van der Waals surface area contributed by atoms with E-state index in [2.05, 4.69) is 27.1 Å². The maximum absolute atomic E-state index is 14.5. The number of benzene rings is 3. The first-order chi connectivity index (χ1) is 21.9. The lowest BCUT2D eigenvalue weighted by molar-refractivity contribution is -0.144. The van der Waals surface area contributed by atoms with Gasteiger partial charge in [0.25, 0.3) is 0 Å². The summed E-state index contributed by atoms with van der Waals surface area (Å²) < 4.78 is 5.57. The fourth-order valence-electron chi connectivity index (χ4n) is 5.75. The van der Waals surface area contributed by atoms with Crippen LogP contribution in [-0.4, -0.2) is 49.2 Å². The molecule has 3 aromatic carbocycles. The second kappa shape index (κ2) is 13.5. The van der Waals surface area contributed by atoms with Crippen molar-refractivity contribution in [3.05, 3.63) is 143 Å². The van der Waals surface area contributed by atoms with Crippen LogP contribution in [0.5, 0.6) is 0 Å². The molecular formula is C37H35N5O3. The van der Waals surface area contributed by atoms with Crippen molar-refractivity contribution in [2.24, 2.45) is 0 Å². The molecule has 0 spiro atoms. The molecule has 0 saturated heterocycles. The van der Waals surface area contributed by atoms with E-state index in [1.54, 1.807) is 36.4 Å². The molecule has 1 atom stereocenters. The topological polar surface area (TPSA) is 92.4 Å². The van der Waals surface area contributed by atoms with Gasteiger partial charge in [-0.2, -0.15) is 0 Å². The molecule has 0 aliphatic carbocycles. The van der Waals surface area contributed by atoms with Gasteiger partial charge in [0.05, 0.1) is 0 Å². The molecule has 0 saturated carbocycles. The van der Waals surface area contributed by atoms with E-state index >= 15 is 0 Å². The Morgan fingerprint density at radius 3 is 2.31 bits per heavy atom. The Bertz CT molecular complexity index is 1800. The smallest absolute Gasteiger partial charge is 0.247 e. The van der Waals surface area contributed by atoms with Gasteiger partial charge < -0.3 is 14.2 Å². The Morgan fingerprint density at radius 2 is 1.60 bits per heavy atom. The van der Waals surface area contributed by atoms with E-state index in [1.165, 1.54) is 11.6 Å². The molecule has 2 aromatic heterocycles. The summed E-state index contributed by atoms with van der Waals surface area (Å²) in [4.78, 5) is 45.3. The molecule has 1 aliphatic heterocycles. The molecule has 8 heteroatoms. The fourth-order valence-corrected chi connectivity index (χ4v) is 5.75. The van der Waals surface area contributed by atoms with Gasteiger partial charge in [0.15, 0.2) is 11.7 Å². The molecule has 2 amide bonds. The summed E-state index contributed by atoms with van der Waals surface area (Å²) in [7, 11) is 0. The summed E-state index contributed by atoms with van der Waals surface area (Å²) in [6, 6.07) is 27.0. The second-order valence-electron chi connectivity index (χ2n) is 11.2. The third-order valence-electron chi connectivity index (χ3n) is 8.11. The van der Waals surface area contributed by atoms with Crippen molar-refractivity contribution in [1.29, 1.82) is 0 Å². The van der Waals surface area contributed by atoms with Gasteiger partial charge in [0.1, 0.15) is 17.5 Å². The van der Waals surface area contributed by atoms with Crippen molar-refractivity contribution in [3.8, 4) is 11.4 Å². The lowest BCUT2D eigenvalue weighted by Gasteiger charge is -2.36. The molecule has 0 fully saturated rings. The summed E-state index contributed by atoms with van der Waals surface area (Å²) in [5.41, 5.74) is 5.74. The van der Waals surface area contributed by atoms with Crippen LogP contribution in [0.1, 0.15) is 39.6 Å². The van der Waals surface area contributed by atoms with Crippen LogP contribution in [0, 0.1) is 13.8 Å². The van der Waals surface area contributed by atoms with Crippen molar-refractivity contribution in [2.75, 3.05) is 6.54 Å². The van der Waals surface area contributed by atoms with Gasteiger partial charge >= 0.3 is 0 Å². The van der Waals surface area contributed by atoms with E-state index < -0.39 is 6.04 Å². The maximum atomic E-state index is 14.5. The molecule has 1 unspecified atom stereocenters. The SMILES string of the molecule is Cc1nc(C=CC(=O)N(Cc2ccc(-c3ncccn3)cc2)C(Cc2ccccc2)C(=O)N2CCc3ccccc3C2)c(C)o1. The van der Waals surface area contributed by atoms with Crippen LogP contribution in [0.4, 0.5) is 0 Å². The van der Waals surface area contributed by atoms with Crippen LogP contribution in [-0.2, 0) is 35.5 Å². The van der Waals surface area contributed by atoms with Crippen LogP contribution in [0.3, 0.4) is 0 Å². The normalized spacial score (nSPS) is 13.4. The molecule has 0 radical (unpaired) electrons. The van der Waals surface area contributed by atoms with E-state index in [1.807, 2.05) is 78.6 Å². The summed E-state index contributed by atoms with van der Waals surface area (Å²) in [5.74, 6) is 1.43. The highest BCUT2D eigenvalue weighted by atomic mass is 16.4. The van der Waals surface area contributed by atoms with E-state index in [9.17, 15) is 9.59 Å². The predicted octanol–water partition coefficient (Wildman–Crippen LogP) is 5.99. The number of hydrogen-bond donors (Lipinski definition) is 0. The first-order valence-corrected chi connectivity index (χ1v) is 15.1. The lowest BCUT2D eigenvalue weighted by atomic mass is 9.97. The van der Waals surface area contributed by atoms with Gasteiger partial charge in [-0.05, 0) is 47.7 Å². The minimum absolute atomic E-state index is 0.0714. The third kappa shape index (κ3) is 7.07. The number of hydrogen-bond acceptors (Lipinski definition) is 6. The Morgan fingerprint density at radius 1 is 0.889 bits per heavy atom. The van der Waals surface area contributed by atoms with E-state index in [4.69, 9.17) is 4.42 Å². The van der Waals surface area contributed by atoms with Gasteiger partial charge in [0, 0.05) is 57.0 Å². The predicted molar refractivity (Wildman–Crippen MR) is 173 cm³/mol. The molecule has 1 aliphatic rings. The Balaban J connectivity index is 1.35. The number of aromatic nitrogens is 3. The number of carbonyl (C=O) groups excluding carboxylic acids is 2. The molecule has 3 heterocycles. The Hall–Kier alpha value is -5.37. The largest absolute Gasteiger partial charge is 0.446 e. The van der Waals surface area contributed by atoms with E-state index in [-0.39, 0.29) is 18.4 Å². The monoisotopic (exact) mass is 597 g/mol. The third-order valence-corrected chi connectivity index (χ3v) is 8.11. The molecular weight excluding hydrogens is 562 g/mol. The average molecular weight is 598 g/mol. The summed E-state index contributed by atoms with van der Waals surface area (Å²) in [6.45, 7) is 4.94. The molecule has 8 nitrogen and oxygen atoms in total. The molecule has 5 aromatic rings. The summed E-state index contributed by atoms with van der Waals surface area (Å²) in [6.07, 6.45) is 7.74. The van der Waals surface area contributed by atoms with Gasteiger partial charge in [-0.25, -0.2) is 15.0 Å². The Labute approximate surface area is 263 Å². The van der Waals surface area contributed by atoms with E-state index in [0.717, 1.165) is 28.7 Å². The summed E-state index contributed by atoms with van der Waals surface area (Å²) in [5, 5.41) is 0. The van der Waals surface area contributed by atoms with Crippen LogP contribution >= 0.6 is 0 Å². The molecule has 6 rings (SSSR count). The lowest BCUT2D eigenvalue weighted by Crippen LogP contribution is -2.52. The van der Waals surface area contributed by atoms with E-state index in [0.29, 0.717) is 42.7 Å². The number of oxazole rings is 1. The summed E-state index contributed by atoms with van der Waals surface area (Å²) >= 11 is 0. The van der Waals surface area contributed by atoms with Crippen molar-refractivity contribution in [1.82, 2.24) is 24.8 Å².